The van der Waals surface area contributed by atoms with Gasteiger partial charge in [-0.05, 0) is 64.8 Å². The molecule has 122 valence electrons. The Balaban J connectivity index is 1.90. The van der Waals surface area contributed by atoms with Gasteiger partial charge in [-0.2, -0.15) is 0 Å². The molecule has 2 atom stereocenters. The molecule has 2 rings (SSSR count). The van der Waals surface area contributed by atoms with E-state index >= 15 is 0 Å². The van der Waals surface area contributed by atoms with Gasteiger partial charge in [-0.3, -0.25) is 4.79 Å². The van der Waals surface area contributed by atoms with Crippen LogP contribution in [0.4, 0.5) is 0 Å². The summed E-state index contributed by atoms with van der Waals surface area (Å²) in [6, 6.07) is 0. The van der Waals surface area contributed by atoms with Crippen LogP contribution in [0.15, 0.2) is 0 Å². The topological polar surface area (TPSA) is 55.8 Å². The maximum atomic E-state index is 11.8. The van der Waals surface area contributed by atoms with Crippen LogP contribution in [0.5, 0.6) is 0 Å². The summed E-state index contributed by atoms with van der Waals surface area (Å²) in [4.78, 5) is 16.7. The van der Waals surface area contributed by atoms with E-state index in [1.54, 1.807) is 0 Å². The fourth-order valence-electron chi connectivity index (χ4n) is 4.04. The first kappa shape index (κ1) is 16.7. The van der Waals surface area contributed by atoms with Crippen molar-refractivity contribution in [1.29, 1.82) is 0 Å². The van der Waals surface area contributed by atoms with Crippen LogP contribution in [-0.4, -0.2) is 72.7 Å². The largest absolute Gasteiger partial charge is 0.480 e. The van der Waals surface area contributed by atoms with Crippen molar-refractivity contribution in [2.45, 2.75) is 44.6 Å². The Morgan fingerprint density at radius 1 is 1.29 bits per heavy atom. The Kier molecular flexibility index (Phi) is 6.02. The minimum Gasteiger partial charge on any atom is -0.480 e. The zero-order valence-electron chi connectivity index (χ0n) is 13.6. The highest BCUT2D eigenvalue weighted by Crippen LogP contribution is 2.38. The molecule has 5 nitrogen and oxygen atoms in total. The summed E-state index contributed by atoms with van der Waals surface area (Å²) >= 11 is 0. The number of carboxylic acid groups (broad SMARTS) is 1. The molecule has 21 heavy (non-hydrogen) atoms. The molecule has 0 radical (unpaired) electrons. The minimum atomic E-state index is -0.669. The van der Waals surface area contributed by atoms with Crippen molar-refractivity contribution >= 4 is 5.97 Å². The van der Waals surface area contributed by atoms with Crippen molar-refractivity contribution in [2.24, 2.45) is 5.92 Å². The zero-order valence-corrected chi connectivity index (χ0v) is 13.6. The van der Waals surface area contributed by atoms with Gasteiger partial charge in [-0.25, -0.2) is 0 Å². The summed E-state index contributed by atoms with van der Waals surface area (Å²) < 4.78 is 0. The van der Waals surface area contributed by atoms with E-state index in [0.29, 0.717) is 0 Å². The van der Waals surface area contributed by atoms with E-state index in [0.717, 1.165) is 58.4 Å². The van der Waals surface area contributed by atoms with Crippen molar-refractivity contribution in [3.05, 3.63) is 0 Å². The SMILES string of the molecule is CCNC1(C(=O)O)CCCC1CCN1CCCN(C)CC1. The quantitative estimate of drug-likeness (QED) is 0.773. The monoisotopic (exact) mass is 297 g/mol. The normalized spacial score (nSPS) is 32.2. The van der Waals surface area contributed by atoms with Crippen LogP contribution >= 0.6 is 0 Å². The summed E-state index contributed by atoms with van der Waals surface area (Å²) in [5.41, 5.74) is -0.669. The standard InChI is InChI=1S/C16H31N3O2/c1-3-17-16(15(20)21)8-4-6-14(16)7-11-19-10-5-9-18(2)12-13-19/h14,17H,3-13H2,1-2H3,(H,20,21). The molecule has 2 unspecified atom stereocenters. The molecule has 0 aromatic rings. The maximum Gasteiger partial charge on any atom is 0.324 e. The third kappa shape index (κ3) is 3.96. The lowest BCUT2D eigenvalue weighted by Gasteiger charge is -2.33. The molecule has 5 heteroatoms. The number of nitrogens with one attached hydrogen (secondary N) is 1. The molecular formula is C16H31N3O2. The van der Waals surface area contributed by atoms with Gasteiger partial charge < -0.3 is 20.2 Å². The zero-order chi connectivity index (χ0) is 15.3. The highest BCUT2D eigenvalue weighted by molar-refractivity contribution is 5.79. The summed E-state index contributed by atoms with van der Waals surface area (Å²) in [6.45, 7) is 8.35. The molecule has 1 saturated heterocycles. The third-order valence-electron chi connectivity index (χ3n) is 5.30. The summed E-state index contributed by atoms with van der Waals surface area (Å²) in [7, 11) is 2.18. The molecule has 2 N–H and O–H groups in total. The second-order valence-corrected chi connectivity index (χ2v) is 6.68. The van der Waals surface area contributed by atoms with E-state index in [-0.39, 0.29) is 5.92 Å². The van der Waals surface area contributed by atoms with E-state index in [2.05, 4.69) is 22.2 Å². The van der Waals surface area contributed by atoms with Crippen molar-refractivity contribution in [1.82, 2.24) is 15.1 Å². The van der Waals surface area contributed by atoms with Crippen LogP contribution in [0.3, 0.4) is 0 Å². The Hall–Kier alpha value is -0.650. The van der Waals surface area contributed by atoms with Gasteiger partial charge in [0.05, 0.1) is 0 Å². The van der Waals surface area contributed by atoms with Crippen molar-refractivity contribution in [2.75, 3.05) is 46.3 Å². The Morgan fingerprint density at radius 3 is 2.81 bits per heavy atom. The Labute approximate surface area is 128 Å². The Bertz CT molecular complexity index is 350. The number of likely N-dealkylation sites (N-methyl/N-ethyl adjacent to an activating group) is 2. The number of hydrogen-bond acceptors (Lipinski definition) is 4. The third-order valence-corrected chi connectivity index (χ3v) is 5.30. The molecule has 1 saturated carbocycles. The van der Waals surface area contributed by atoms with Crippen LogP contribution in [0.25, 0.3) is 0 Å². The summed E-state index contributed by atoms with van der Waals surface area (Å²) in [6.07, 6.45) is 5.09. The first-order chi connectivity index (χ1) is 10.1. The number of aliphatic carboxylic acids is 1. The fraction of sp³-hybridized carbons (Fsp3) is 0.938. The van der Waals surface area contributed by atoms with E-state index in [1.165, 1.54) is 13.0 Å². The molecular weight excluding hydrogens is 266 g/mol. The van der Waals surface area contributed by atoms with Crippen LogP contribution in [-0.2, 0) is 4.79 Å². The molecule has 1 aliphatic carbocycles. The molecule has 2 fully saturated rings. The lowest BCUT2D eigenvalue weighted by Crippen LogP contribution is -2.55. The number of carbonyl (C=O) groups is 1. The van der Waals surface area contributed by atoms with Gasteiger partial charge in [0.1, 0.15) is 5.54 Å². The van der Waals surface area contributed by atoms with Crippen LogP contribution in [0, 0.1) is 5.92 Å². The lowest BCUT2D eigenvalue weighted by atomic mass is 9.84. The second kappa shape index (κ2) is 7.56. The van der Waals surface area contributed by atoms with Gasteiger partial charge in [0.25, 0.3) is 0 Å². The Morgan fingerprint density at radius 2 is 2.10 bits per heavy atom. The van der Waals surface area contributed by atoms with Crippen LogP contribution in [0.2, 0.25) is 0 Å². The molecule has 1 heterocycles. The number of hydrogen-bond donors (Lipinski definition) is 2. The average Bonchev–Trinajstić information content (AvgIpc) is 2.74. The molecule has 2 aliphatic rings. The number of nitrogens with zero attached hydrogens (tertiary/aromatic N) is 2. The predicted octanol–water partition coefficient (Wildman–Crippen LogP) is 1.25. The molecule has 0 spiro atoms. The lowest BCUT2D eigenvalue weighted by molar-refractivity contribution is -0.146. The molecule has 1 aliphatic heterocycles. The number of rotatable bonds is 6. The van der Waals surface area contributed by atoms with E-state index in [4.69, 9.17) is 0 Å². The summed E-state index contributed by atoms with van der Waals surface area (Å²) in [5, 5.41) is 13.0. The van der Waals surface area contributed by atoms with E-state index < -0.39 is 11.5 Å². The molecule has 0 bridgehead atoms. The van der Waals surface area contributed by atoms with Crippen molar-refractivity contribution in [3.8, 4) is 0 Å². The highest BCUT2D eigenvalue weighted by Gasteiger charge is 2.48. The second-order valence-electron chi connectivity index (χ2n) is 6.68. The van der Waals surface area contributed by atoms with Crippen molar-refractivity contribution < 1.29 is 9.90 Å². The van der Waals surface area contributed by atoms with Gasteiger partial charge in [0.15, 0.2) is 0 Å². The maximum absolute atomic E-state index is 11.8. The van der Waals surface area contributed by atoms with Crippen LogP contribution in [0.1, 0.15) is 39.0 Å². The molecule has 0 aromatic heterocycles. The molecule has 0 aromatic carbocycles. The first-order valence-corrected chi connectivity index (χ1v) is 8.48. The van der Waals surface area contributed by atoms with E-state index in [1.807, 2.05) is 6.92 Å². The predicted molar refractivity (Wildman–Crippen MR) is 84.6 cm³/mol. The van der Waals surface area contributed by atoms with Crippen LogP contribution < -0.4 is 5.32 Å². The van der Waals surface area contributed by atoms with Gasteiger partial charge in [-0.1, -0.05) is 13.3 Å². The van der Waals surface area contributed by atoms with Gasteiger partial charge in [0, 0.05) is 13.1 Å². The van der Waals surface area contributed by atoms with Gasteiger partial charge in [0.2, 0.25) is 0 Å². The summed E-state index contributed by atoms with van der Waals surface area (Å²) in [5.74, 6) is -0.376. The molecule has 0 amide bonds. The van der Waals surface area contributed by atoms with E-state index in [9.17, 15) is 9.90 Å². The fourth-order valence-corrected chi connectivity index (χ4v) is 4.04. The smallest absolute Gasteiger partial charge is 0.324 e. The highest BCUT2D eigenvalue weighted by atomic mass is 16.4. The number of carboxylic acids is 1. The van der Waals surface area contributed by atoms with Gasteiger partial charge in [-0.15, -0.1) is 0 Å². The minimum absolute atomic E-state index is 0.274. The van der Waals surface area contributed by atoms with Gasteiger partial charge >= 0.3 is 5.97 Å². The average molecular weight is 297 g/mol. The van der Waals surface area contributed by atoms with Crippen molar-refractivity contribution in [3.63, 3.8) is 0 Å². The first-order valence-electron chi connectivity index (χ1n) is 8.48.